The Hall–Kier alpha value is -0.300. The van der Waals surface area contributed by atoms with Gasteiger partial charge in [-0.3, -0.25) is 0 Å². The number of methoxy groups -OCH3 is 1. The van der Waals surface area contributed by atoms with Gasteiger partial charge in [-0.05, 0) is 6.42 Å². The van der Waals surface area contributed by atoms with Gasteiger partial charge in [0.1, 0.15) is 0 Å². The van der Waals surface area contributed by atoms with E-state index in [0.717, 1.165) is 13.0 Å². The Morgan fingerprint density at radius 3 is 1.35 bits per heavy atom. The van der Waals surface area contributed by atoms with Crippen molar-refractivity contribution >= 4 is 0 Å². The summed E-state index contributed by atoms with van der Waals surface area (Å²) >= 11 is 0. The molecule has 0 aliphatic heterocycles. The van der Waals surface area contributed by atoms with E-state index in [-0.39, 0.29) is 0 Å². The van der Waals surface area contributed by atoms with Crippen LogP contribution in [0.25, 0.3) is 0 Å². The van der Waals surface area contributed by atoms with Crippen LogP contribution in [0.5, 0.6) is 0 Å². The van der Waals surface area contributed by atoms with Crippen LogP contribution in [0.4, 0.5) is 0 Å². The third-order valence-corrected chi connectivity index (χ3v) is 2.17. The zero-order chi connectivity index (χ0) is 13.8. The van der Waals surface area contributed by atoms with Gasteiger partial charge in [-0.25, -0.2) is 0 Å². The maximum absolute atomic E-state index is 4.76. The Morgan fingerprint density at radius 1 is 0.765 bits per heavy atom. The van der Waals surface area contributed by atoms with Crippen LogP contribution in [0.1, 0.15) is 79.6 Å². The molecule has 1 aliphatic carbocycles. The van der Waals surface area contributed by atoms with Gasteiger partial charge in [-0.15, -0.1) is 0 Å². The van der Waals surface area contributed by atoms with Crippen molar-refractivity contribution in [3.8, 4) is 0 Å². The van der Waals surface area contributed by atoms with Crippen LogP contribution >= 0.6 is 0 Å². The molecule has 1 fully saturated rings. The Bertz CT molecular complexity index is 92.6. The van der Waals surface area contributed by atoms with Gasteiger partial charge in [0, 0.05) is 7.11 Å². The average molecular weight is 244 g/mol. The smallest absolute Gasteiger partial charge is 0.0643 e. The van der Waals surface area contributed by atoms with Gasteiger partial charge in [0.25, 0.3) is 0 Å². The van der Waals surface area contributed by atoms with Gasteiger partial charge in [-0.2, -0.15) is 0 Å². The van der Waals surface area contributed by atoms with E-state index in [4.69, 9.17) is 4.74 Å². The molecular weight excluding hydrogens is 208 g/mol. The first kappa shape index (κ1) is 21.9. The van der Waals surface area contributed by atoms with E-state index in [0.29, 0.717) is 0 Å². The molecule has 1 saturated carbocycles. The average Bonchev–Trinajstić information content (AvgIpc) is 2.46. The molecular formula is C16H36O. The van der Waals surface area contributed by atoms with Gasteiger partial charge in [0.15, 0.2) is 0 Å². The zero-order valence-electron chi connectivity index (χ0n) is 13.2. The molecule has 0 aromatic carbocycles. The second kappa shape index (κ2) is 29.6. The summed E-state index contributed by atoms with van der Waals surface area (Å²) in [6.45, 7) is 10.8. The van der Waals surface area contributed by atoms with Crippen LogP contribution in [0.15, 0.2) is 12.2 Å². The van der Waals surface area contributed by atoms with Gasteiger partial charge < -0.3 is 4.74 Å². The minimum Gasteiger partial charge on any atom is -0.381 e. The molecule has 0 bridgehead atoms. The number of allylic oxidation sites excluding steroid dienone is 1. The first-order valence-electron chi connectivity index (χ1n) is 7.55. The van der Waals surface area contributed by atoms with Crippen LogP contribution in [0.3, 0.4) is 0 Å². The molecule has 0 saturated heterocycles. The molecule has 0 N–H and O–H groups in total. The lowest BCUT2D eigenvalue weighted by atomic mass is 10.0. The molecule has 1 nitrogen and oxygen atoms in total. The molecule has 1 aliphatic rings. The highest BCUT2D eigenvalue weighted by Crippen LogP contribution is 2.15. The van der Waals surface area contributed by atoms with E-state index in [1.807, 2.05) is 33.8 Å². The predicted octanol–water partition coefficient (Wildman–Crippen LogP) is 5.99. The molecule has 17 heavy (non-hydrogen) atoms. The van der Waals surface area contributed by atoms with Crippen LogP contribution in [-0.4, -0.2) is 13.7 Å². The fourth-order valence-electron chi connectivity index (χ4n) is 1.39. The molecule has 0 radical (unpaired) electrons. The fourth-order valence-corrected chi connectivity index (χ4v) is 1.39. The minimum absolute atomic E-state index is 0.744. The highest BCUT2D eigenvalue weighted by molar-refractivity contribution is 4.79. The lowest BCUT2D eigenvalue weighted by Gasteiger charge is -2.05. The number of rotatable bonds is 3. The molecule has 1 rings (SSSR count). The van der Waals surface area contributed by atoms with E-state index in [1.54, 1.807) is 7.11 Å². The monoisotopic (exact) mass is 244 g/mol. The summed E-state index contributed by atoms with van der Waals surface area (Å²) in [5, 5.41) is 0. The molecule has 0 unspecified atom stereocenters. The van der Waals surface area contributed by atoms with Gasteiger partial charge in [-0.1, -0.05) is 85.3 Å². The lowest BCUT2D eigenvalue weighted by molar-refractivity contribution is 0.233. The topological polar surface area (TPSA) is 9.23 Å². The molecule has 1 heteroatoms. The largest absolute Gasteiger partial charge is 0.381 e. The van der Waals surface area contributed by atoms with Crippen molar-refractivity contribution in [2.75, 3.05) is 13.7 Å². The second-order valence-electron chi connectivity index (χ2n) is 3.46. The van der Waals surface area contributed by atoms with Gasteiger partial charge in [0.2, 0.25) is 0 Å². The molecule has 106 valence electrons. The SMILES string of the molecule is C1CCCCC1.CC.CC.CC/C=C\COC. The summed E-state index contributed by atoms with van der Waals surface area (Å²) in [7, 11) is 1.69. The summed E-state index contributed by atoms with van der Waals surface area (Å²) in [6.07, 6.45) is 14.2. The van der Waals surface area contributed by atoms with Crippen molar-refractivity contribution in [3.63, 3.8) is 0 Å². The molecule has 0 heterocycles. The van der Waals surface area contributed by atoms with Crippen molar-refractivity contribution < 1.29 is 4.74 Å². The van der Waals surface area contributed by atoms with E-state index in [2.05, 4.69) is 13.0 Å². The van der Waals surface area contributed by atoms with Crippen molar-refractivity contribution in [2.45, 2.75) is 79.6 Å². The van der Waals surface area contributed by atoms with E-state index in [1.165, 1.54) is 38.5 Å². The van der Waals surface area contributed by atoms with Crippen molar-refractivity contribution in [1.82, 2.24) is 0 Å². The Morgan fingerprint density at radius 2 is 1.12 bits per heavy atom. The first-order valence-corrected chi connectivity index (χ1v) is 7.55. The summed E-state index contributed by atoms with van der Waals surface area (Å²) < 4.78 is 4.76. The summed E-state index contributed by atoms with van der Waals surface area (Å²) in [4.78, 5) is 0. The number of hydrogen-bond acceptors (Lipinski definition) is 1. The second-order valence-corrected chi connectivity index (χ2v) is 3.46. The van der Waals surface area contributed by atoms with Crippen molar-refractivity contribution in [1.29, 1.82) is 0 Å². The van der Waals surface area contributed by atoms with Crippen molar-refractivity contribution in [2.24, 2.45) is 0 Å². The molecule has 0 atom stereocenters. The molecule has 0 aromatic heterocycles. The molecule has 0 aromatic rings. The highest BCUT2D eigenvalue weighted by atomic mass is 16.5. The Labute approximate surface area is 111 Å². The third kappa shape index (κ3) is 31.3. The van der Waals surface area contributed by atoms with Crippen LogP contribution in [0, 0.1) is 0 Å². The summed E-state index contributed by atoms with van der Waals surface area (Å²) in [5.41, 5.74) is 0. The van der Waals surface area contributed by atoms with E-state index < -0.39 is 0 Å². The minimum atomic E-state index is 0.744. The zero-order valence-corrected chi connectivity index (χ0v) is 13.2. The van der Waals surface area contributed by atoms with Crippen LogP contribution in [-0.2, 0) is 4.74 Å². The standard InChI is InChI=1S/C6H12O.C6H12.2C2H6/c1-3-4-5-6-7-2;1-2-4-6-5-3-1;2*1-2/h4-5H,3,6H2,1-2H3;1-6H2;2*1-2H3/b5-4-;;;. The lowest BCUT2D eigenvalue weighted by Crippen LogP contribution is -1.85. The molecule has 0 amide bonds. The Kier molecular flexibility index (Phi) is 38.2. The molecule has 0 spiro atoms. The van der Waals surface area contributed by atoms with Crippen LogP contribution in [0.2, 0.25) is 0 Å². The number of hydrogen-bond donors (Lipinski definition) is 0. The fraction of sp³-hybridized carbons (Fsp3) is 0.875. The predicted molar refractivity (Wildman–Crippen MR) is 81.7 cm³/mol. The summed E-state index contributed by atoms with van der Waals surface area (Å²) in [6, 6.07) is 0. The first-order chi connectivity index (χ1) is 8.41. The summed E-state index contributed by atoms with van der Waals surface area (Å²) in [5.74, 6) is 0. The van der Waals surface area contributed by atoms with E-state index >= 15 is 0 Å². The van der Waals surface area contributed by atoms with Crippen molar-refractivity contribution in [3.05, 3.63) is 12.2 Å². The third-order valence-electron chi connectivity index (χ3n) is 2.17. The van der Waals surface area contributed by atoms with Gasteiger partial charge in [0.05, 0.1) is 6.61 Å². The normalized spacial score (nSPS) is 13.5. The maximum Gasteiger partial charge on any atom is 0.0643 e. The van der Waals surface area contributed by atoms with E-state index in [9.17, 15) is 0 Å². The Balaban J connectivity index is -0.000000179. The quantitative estimate of drug-likeness (QED) is 0.554. The van der Waals surface area contributed by atoms with Crippen LogP contribution < -0.4 is 0 Å². The highest BCUT2D eigenvalue weighted by Gasteiger charge is 1.95. The van der Waals surface area contributed by atoms with Gasteiger partial charge >= 0.3 is 0 Å². The maximum atomic E-state index is 4.76. The number of ether oxygens (including phenoxy) is 1.